The summed E-state index contributed by atoms with van der Waals surface area (Å²) in [6.07, 6.45) is 9.63. The van der Waals surface area contributed by atoms with Gasteiger partial charge in [-0.1, -0.05) is 36.8 Å². The maximum Gasteiger partial charge on any atom is 0.270 e. The average Bonchev–Trinajstić information content (AvgIpc) is 3.33. The molecular formula is C25H21N7O2. The van der Waals surface area contributed by atoms with Gasteiger partial charge in [0.15, 0.2) is 0 Å². The predicted octanol–water partition coefficient (Wildman–Crippen LogP) is 3.09. The number of nitriles is 1. The molecule has 0 saturated heterocycles. The normalized spacial score (nSPS) is 13.1. The third-order valence-electron chi connectivity index (χ3n) is 6.03. The molecule has 3 aromatic heterocycles. The second kappa shape index (κ2) is 9.11. The van der Waals surface area contributed by atoms with Gasteiger partial charge in [0.1, 0.15) is 11.6 Å². The lowest BCUT2D eigenvalue weighted by Crippen LogP contribution is -2.22. The highest BCUT2D eigenvalue weighted by molar-refractivity contribution is 5.93. The zero-order chi connectivity index (χ0) is 23.5. The molecule has 1 aliphatic carbocycles. The Bertz CT molecular complexity index is 1430. The summed E-state index contributed by atoms with van der Waals surface area (Å²) in [7, 11) is 0. The summed E-state index contributed by atoms with van der Waals surface area (Å²) in [4.78, 5) is 35.3. The molecule has 3 heterocycles. The monoisotopic (exact) mass is 451 g/mol. The minimum absolute atomic E-state index is 0.0980. The number of aromatic nitrogens is 5. The summed E-state index contributed by atoms with van der Waals surface area (Å²) in [5, 5.41) is 15.7. The second-order valence-electron chi connectivity index (χ2n) is 8.22. The Hall–Kier alpha value is -4.58. The van der Waals surface area contributed by atoms with Gasteiger partial charge in [-0.05, 0) is 36.0 Å². The van der Waals surface area contributed by atoms with E-state index in [1.807, 2.05) is 12.1 Å². The number of carbonyl (C=O) groups excluding carboxylic acids is 1. The van der Waals surface area contributed by atoms with E-state index in [4.69, 9.17) is 5.26 Å². The summed E-state index contributed by atoms with van der Waals surface area (Å²) in [6, 6.07) is 14.3. The van der Waals surface area contributed by atoms with Crippen LogP contribution in [0.4, 0.5) is 0 Å². The minimum atomic E-state index is -0.570. The summed E-state index contributed by atoms with van der Waals surface area (Å²) < 4.78 is 1.27. The number of benzene rings is 1. The lowest BCUT2D eigenvalue weighted by Gasteiger charge is -2.25. The zero-order valence-corrected chi connectivity index (χ0v) is 18.2. The fourth-order valence-corrected chi connectivity index (χ4v) is 3.79. The van der Waals surface area contributed by atoms with Crippen molar-refractivity contribution in [2.45, 2.75) is 31.7 Å². The molecule has 1 fully saturated rings. The number of H-pyrrole nitrogens is 1. The number of hydrogen-bond acceptors (Lipinski definition) is 6. The highest BCUT2D eigenvalue weighted by atomic mass is 16.1. The van der Waals surface area contributed by atoms with Crippen LogP contribution in [0.25, 0.3) is 17.2 Å². The Morgan fingerprint density at radius 2 is 1.94 bits per heavy atom. The highest BCUT2D eigenvalue weighted by Crippen LogP contribution is 2.36. The molecule has 1 aliphatic rings. The molecule has 0 aliphatic heterocycles. The summed E-state index contributed by atoms with van der Waals surface area (Å²) in [5.41, 5.74) is 3.87. The quantitative estimate of drug-likeness (QED) is 0.463. The van der Waals surface area contributed by atoms with E-state index in [1.165, 1.54) is 41.9 Å². The van der Waals surface area contributed by atoms with Crippen LogP contribution in [-0.4, -0.2) is 30.6 Å². The molecule has 1 amide bonds. The van der Waals surface area contributed by atoms with Crippen molar-refractivity contribution in [3.63, 3.8) is 0 Å². The van der Waals surface area contributed by atoms with Gasteiger partial charge in [0.25, 0.3) is 11.5 Å². The van der Waals surface area contributed by atoms with Crippen molar-refractivity contribution in [2.24, 2.45) is 0 Å². The second-order valence-corrected chi connectivity index (χ2v) is 8.22. The molecule has 1 aromatic carbocycles. The first kappa shape index (κ1) is 21.3. The van der Waals surface area contributed by atoms with Gasteiger partial charge in [0.2, 0.25) is 5.95 Å². The van der Waals surface area contributed by atoms with Crippen LogP contribution in [0.5, 0.6) is 0 Å². The number of hydrogen-bond donors (Lipinski definition) is 2. The van der Waals surface area contributed by atoms with Crippen molar-refractivity contribution in [2.75, 3.05) is 0 Å². The van der Waals surface area contributed by atoms with E-state index in [0.717, 1.165) is 23.0 Å². The maximum absolute atomic E-state index is 12.5. The molecular weight excluding hydrogens is 430 g/mol. The van der Waals surface area contributed by atoms with Gasteiger partial charge >= 0.3 is 0 Å². The number of rotatable bonds is 6. The number of nitrogens with one attached hydrogen (secondary N) is 2. The van der Waals surface area contributed by atoms with Crippen LogP contribution in [0, 0.1) is 11.3 Å². The zero-order valence-electron chi connectivity index (χ0n) is 18.2. The molecule has 168 valence electrons. The first-order chi connectivity index (χ1) is 16.6. The fraction of sp³-hybridized carbons (Fsp3) is 0.200. The molecule has 1 saturated carbocycles. The number of carbonyl (C=O) groups is 1. The molecule has 0 radical (unpaired) electrons. The molecule has 0 atom stereocenters. The Morgan fingerprint density at radius 3 is 2.59 bits per heavy atom. The van der Waals surface area contributed by atoms with Crippen molar-refractivity contribution in [3.05, 3.63) is 93.8 Å². The molecule has 5 rings (SSSR count). The third-order valence-corrected chi connectivity index (χ3v) is 6.03. The predicted molar refractivity (Wildman–Crippen MR) is 124 cm³/mol. The van der Waals surface area contributed by atoms with Crippen molar-refractivity contribution < 1.29 is 4.79 Å². The van der Waals surface area contributed by atoms with Crippen molar-refractivity contribution in [1.29, 1.82) is 5.26 Å². The molecule has 4 aromatic rings. The molecule has 9 nitrogen and oxygen atoms in total. The van der Waals surface area contributed by atoms with Gasteiger partial charge < -0.3 is 5.32 Å². The van der Waals surface area contributed by atoms with Crippen LogP contribution in [0.15, 0.2) is 66.0 Å². The van der Waals surface area contributed by atoms with E-state index in [1.54, 1.807) is 12.3 Å². The van der Waals surface area contributed by atoms with E-state index in [-0.39, 0.29) is 17.4 Å². The fourth-order valence-electron chi connectivity index (χ4n) is 3.79. The Labute approximate surface area is 195 Å². The van der Waals surface area contributed by atoms with Crippen molar-refractivity contribution in [1.82, 2.24) is 30.0 Å². The topological polar surface area (TPSA) is 129 Å². The van der Waals surface area contributed by atoms with Gasteiger partial charge in [-0.25, -0.2) is 9.67 Å². The molecule has 0 spiro atoms. The van der Waals surface area contributed by atoms with Crippen LogP contribution >= 0.6 is 0 Å². The van der Waals surface area contributed by atoms with E-state index in [2.05, 4.69) is 49.6 Å². The third kappa shape index (κ3) is 4.34. The van der Waals surface area contributed by atoms with E-state index in [0.29, 0.717) is 18.0 Å². The van der Waals surface area contributed by atoms with Gasteiger partial charge in [0, 0.05) is 24.5 Å². The summed E-state index contributed by atoms with van der Waals surface area (Å²) >= 11 is 0. The largest absolute Gasteiger partial charge is 0.348 e. The number of aromatic amines is 1. The van der Waals surface area contributed by atoms with Crippen LogP contribution in [0.3, 0.4) is 0 Å². The van der Waals surface area contributed by atoms with Crippen molar-refractivity contribution in [3.8, 4) is 23.3 Å². The number of pyridine rings is 1. The van der Waals surface area contributed by atoms with Gasteiger partial charge in [-0.15, -0.1) is 0 Å². The Balaban J connectivity index is 1.20. The lowest BCUT2D eigenvalue weighted by molar-refractivity contribution is 0.0951. The Kier molecular flexibility index (Phi) is 5.70. The maximum atomic E-state index is 12.5. The summed E-state index contributed by atoms with van der Waals surface area (Å²) in [6.45, 7) is 0.309. The van der Waals surface area contributed by atoms with Gasteiger partial charge in [-0.3, -0.25) is 19.6 Å². The molecule has 34 heavy (non-hydrogen) atoms. The molecule has 2 N–H and O–H groups in total. The van der Waals surface area contributed by atoms with Crippen LogP contribution in [0.2, 0.25) is 0 Å². The molecule has 0 bridgehead atoms. The lowest BCUT2D eigenvalue weighted by atomic mass is 9.80. The molecule has 0 unspecified atom stereocenters. The highest BCUT2D eigenvalue weighted by Gasteiger charge is 2.19. The number of nitrogens with zero attached hydrogens (tertiary/aromatic N) is 5. The first-order valence-corrected chi connectivity index (χ1v) is 11.0. The molecule has 9 heteroatoms. The van der Waals surface area contributed by atoms with E-state index >= 15 is 0 Å². The van der Waals surface area contributed by atoms with Crippen LogP contribution < -0.4 is 10.9 Å². The number of amides is 1. The van der Waals surface area contributed by atoms with Gasteiger partial charge in [0.05, 0.1) is 23.7 Å². The van der Waals surface area contributed by atoms with Crippen LogP contribution in [0.1, 0.15) is 52.2 Å². The van der Waals surface area contributed by atoms with Gasteiger partial charge in [-0.2, -0.15) is 10.4 Å². The standard InChI is InChI=1S/C25H21N7O2/c26-10-20-13-29-25(31-24(20)34)32-15-21(14-30-32)23(33)28-12-16-4-9-22(27-11-16)19-7-5-18(6-8-19)17-2-1-3-17/h4-9,11,13-15,17H,1-3,12H2,(H,28,33)(H,29,31,34). The SMILES string of the molecule is N#Cc1cnc(-n2cc(C(=O)NCc3ccc(-c4ccc(C5CCC5)cc4)nc3)cn2)[nH]c1=O. The van der Waals surface area contributed by atoms with Crippen molar-refractivity contribution >= 4 is 5.91 Å². The Morgan fingerprint density at radius 1 is 1.12 bits per heavy atom. The smallest absolute Gasteiger partial charge is 0.270 e. The average molecular weight is 451 g/mol. The summed E-state index contributed by atoms with van der Waals surface area (Å²) in [5.74, 6) is 0.504. The first-order valence-electron chi connectivity index (χ1n) is 11.0. The van der Waals surface area contributed by atoms with Crippen LogP contribution in [-0.2, 0) is 6.54 Å². The van der Waals surface area contributed by atoms with E-state index in [9.17, 15) is 9.59 Å². The minimum Gasteiger partial charge on any atom is -0.348 e. The van der Waals surface area contributed by atoms with E-state index < -0.39 is 5.56 Å².